The molecule has 0 atom stereocenters. The van der Waals surface area contributed by atoms with Gasteiger partial charge < -0.3 is 19.4 Å². The van der Waals surface area contributed by atoms with Gasteiger partial charge in [0.15, 0.2) is 6.61 Å². The Bertz CT molecular complexity index is 968. The molecule has 0 bridgehead atoms. The Balaban J connectivity index is 1.52. The largest absolute Gasteiger partial charge is 0.452 e. The Morgan fingerprint density at radius 1 is 1.16 bits per heavy atom. The van der Waals surface area contributed by atoms with Gasteiger partial charge >= 0.3 is 11.7 Å². The quantitative estimate of drug-likeness (QED) is 0.454. The lowest BCUT2D eigenvalue weighted by atomic mass is 9.79. The molecule has 2 aliphatic rings. The fraction of sp³-hybridized carbons (Fsp3) is 0.636. The number of rotatable bonds is 7. The molecule has 0 spiro atoms. The molecule has 176 valence electrons. The van der Waals surface area contributed by atoms with Gasteiger partial charge in [-0.3, -0.25) is 19.1 Å². The second kappa shape index (κ2) is 10.7. The summed E-state index contributed by atoms with van der Waals surface area (Å²) in [6.45, 7) is 3.26. The first-order valence-electron chi connectivity index (χ1n) is 11.0. The molecular weight excluding hydrogens is 416 g/mol. The van der Waals surface area contributed by atoms with Crippen molar-refractivity contribution in [2.24, 2.45) is 14.1 Å². The molecule has 1 amide bonds. The van der Waals surface area contributed by atoms with Crippen LogP contribution in [-0.4, -0.2) is 70.9 Å². The smallest absolute Gasteiger partial charge is 0.331 e. The lowest BCUT2D eigenvalue weighted by molar-refractivity contribution is -0.144. The summed E-state index contributed by atoms with van der Waals surface area (Å²) in [7, 11) is 2.87. The fourth-order valence-corrected chi connectivity index (χ4v) is 4.46. The average molecular weight is 449 g/mol. The van der Waals surface area contributed by atoms with Gasteiger partial charge in [-0.2, -0.15) is 0 Å². The number of hydrogen-bond donors (Lipinski definition) is 1. The van der Waals surface area contributed by atoms with Gasteiger partial charge in [-0.25, -0.2) is 9.59 Å². The van der Waals surface area contributed by atoms with Crippen LogP contribution in [0, 0.1) is 0 Å². The van der Waals surface area contributed by atoms with Crippen LogP contribution in [0.15, 0.2) is 21.9 Å². The number of nitrogens with zero attached hydrogens (tertiary/aromatic N) is 3. The summed E-state index contributed by atoms with van der Waals surface area (Å²) in [5, 5.41) is 2.94. The molecule has 0 aromatic carbocycles. The zero-order valence-electron chi connectivity index (χ0n) is 18.8. The van der Waals surface area contributed by atoms with Gasteiger partial charge in [-0.1, -0.05) is 19.3 Å². The molecule has 10 nitrogen and oxygen atoms in total. The van der Waals surface area contributed by atoms with Crippen LogP contribution in [0.1, 0.15) is 37.7 Å². The van der Waals surface area contributed by atoms with Crippen LogP contribution in [-0.2, 0) is 33.2 Å². The van der Waals surface area contributed by atoms with Crippen LogP contribution in [0.5, 0.6) is 0 Å². The molecule has 1 saturated heterocycles. The predicted octanol–water partition coefficient (Wildman–Crippen LogP) is -0.208. The SMILES string of the molecule is Cn1cc(/C=C/C(=O)OCC(=O)NCC2(N3CCOCC3)CCCCC2)c(=O)n(C)c1=O. The number of nitrogens with one attached hydrogen (secondary N) is 1. The number of ether oxygens (including phenoxy) is 2. The predicted molar refractivity (Wildman–Crippen MR) is 118 cm³/mol. The lowest BCUT2D eigenvalue weighted by Crippen LogP contribution is -2.59. The van der Waals surface area contributed by atoms with E-state index in [-0.39, 0.29) is 17.0 Å². The zero-order valence-corrected chi connectivity index (χ0v) is 18.8. The van der Waals surface area contributed by atoms with Crippen molar-refractivity contribution in [2.75, 3.05) is 39.5 Å². The van der Waals surface area contributed by atoms with Gasteiger partial charge in [-0.05, 0) is 18.9 Å². The van der Waals surface area contributed by atoms with Crippen LogP contribution >= 0.6 is 0 Å². The number of amides is 1. The van der Waals surface area contributed by atoms with Crippen molar-refractivity contribution >= 4 is 18.0 Å². The Hall–Kier alpha value is -2.72. The van der Waals surface area contributed by atoms with E-state index in [2.05, 4.69) is 10.2 Å². The minimum absolute atomic E-state index is 0.0646. The maximum atomic E-state index is 12.3. The van der Waals surface area contributed by atoms with E-state index in [1.807, 2.05) is 0 Å². The molecule has 32 heavy (non-hydrogen) atoms. The van der Waals surface area contributed by atoms with E-state index in [9.17, 15) is 19.2 Å². The van der Waals surface area contributed by atoms with Gasteiger partial charge in [0.1, 0.15) is 0 Å². The van der Waals surface area contributed by atoms with Gasteiger partial charge in [0.2, 0.25) is 0 Å². The van der Waals surface area contributed by atoms with Crippen LogP contribution in [0.3, 0.4) is 0 Å². The number of esters is 1. The molecule has 3 rings (SSSR count). The topological polar surface area (TPSA) is 112 Å². The summed E-state index contributed by atoms with van der Waals surface area (Å²) in [4.78, 5) is 50.5. The Labute approximate surface area is 186 Å². The van der Waals surface area contributed by atoms with Gasteiger partial charge in [-0.15, -0.1) is 0 Å². The van der Waals surface area contributed by atoms with Gasteiger partial charge in [0, 0.05) is 51.5 Å². The molecular formula is C22H32N4O6. The maximum Gasteiger partial charge on any atom is 0.331 e. The first-order chi connectivity index (χ1) is 15.3. The first-order valence-corrected chi connectivity index (χ1v) is 11.0. The van der Waals surface area contributed by atoms with Crippen molar-refractivity contribution in [3.05, 3.63) is 38.7 Å². The molecule has 1 aliphatic heterocycles. The van der Waals surface area contributed by atoms with Crippen molar-refractivity contribution in [2.45, 2.75) is 37.6 Å². The number of carbonyl (C=O) groups is 2. The second-order valence-corrected chi connectivity index (χ2v) is 8.44. The Kier molecular flexibility index (Phi) is 8.03. The number of morpholine rings is 1. The zero-order chi connectivity index (χ0) is 23.1. The van der Waals surface area contributed by atoms with Crippen molar-refractivity contribution in [3.63, 3.8) is 0 Å². The Morgan fingerprint density at radius 3 is 2.53 bits per heavy atom. The van der Waals surface area contributed by atoms with E-state index < -0.39 is 23.8 Å². The highest BCUT2D eigenvalue weighted by atomic mass is 16.5. The molecule has 2 fully saturated rings. The first kappa shape index (κ1) is 23.9. The third-order valence-electron chi connectivity index (χ3n) is 6.30. The summed E-state index contributed by atoms with van der Waals surface area (Å²) in [6.07, 6.45) is 9.24. The van der Waals surface area contributed by atoms with Gasteiger partial charge in [0.25, 0.3) is 11.5 Å². The minimum Gasteiger partial charge on any atom is -0.452 e. The van der Waals surface area contributed by atoms with Crippen LogP contribution < -0.4 is 16.6 Å². The van der Waals surface area contributed by atoms with E-state index in [0.717, 1.165) is 49.4 Å². The maximum absolute atomic E-state index is 12.3. The normalized spacial score (nSPS) is 19.1. The fourth-order valence-electron chi connectivity index (χ4n) is 4.46. The summed E-state index contributed by atoms with van der Waals surface area (Å²) >= 11 is 0. The third kappa shape index (κ3) is 5.74. The number of carbonyl (C=O) groups excluding carboxylic acids is 2. The number of aromatic nitrogens is 2. The van der Waals surface area contributed by atoms with E-state index in [1.165, 1.54) is 37.4 Å². The Morgan fingerprint density at radius 2 is 1.84 bits per heavy atom. The molecule has 0 radical (unpaired) electrons. The van der Waals surface area contributed by atoms with E-state index in [1.54, 1.807) is 0 Å². The highest BCUT2D eigenvalue weighted by Crippen LogP contribution is 2.33. The highest BCUT2D eigenvalue weighted by molar-refractivity contribution is 5.89. The third-order valence-corrected chi connectivity index (χ3v) is 6.30. The van der Waals surface area contributed by atoms with Crippen molar-refractivity contribution in [3.8, 4) is 0 Å². The molecule has 0 unspecified atom stereocenters. The lowest BCUT2D eigenvalue weighted by Gasteiger charge is -2.48. The van der Waals surface area contributed by atoms with E-state index in [4.69, 9.17) is 9.47 Å². The second-order valence-electron chi connectivity index (χ2n) is 8.44. The standard InChI is InChI=1S/C22H32N4O6/c1-24-14-17(20(29)25(2)21(24)30)6-7-19(28)32-15-18(27)23-16-22(8-4-3-5-9-22)26-10-12-31-13-11-26/h6-7,14H,3-5,8-13,15-16H2,1-2H3,(H,23,27)/b7-6+. The van der Waals surface area contributed by atoms with E-state index in [0.29, 0.717) is 19.8 Å². The summed E-state index contributed by atoms with van der Waals surface area (Å²) in [5.74, 6) is -1.10. The van der Waals surface area contributed by atoms with Crippen LogP contribution in [0.4, 0.5) is 0 Å². The van der Waals surface area contributed by atoms with Crippen LogP contribution in [0.25, 0.3) is 6.08 Å². The molecule has 1 aromatic heterocycles. The van der Waals surface area contributed by atoms with Crippen molar-refractivity contribution in [1.29, 1.82) is 0 Å². The molecule has 1 aliphatic carbocycles. The van der Waals surface area contributed by atoms with Crippen molar-refractivity contribution < 1.29 is 19.1 Å². The summed E-state index contributed by atoms with van der Waals surface area (Å²) < 4.78 is 12.7. The van der Waals surface area contributed by atoms with E-state index >= 15 is 0 Å². The van der Waals surface area contributed by atoms with Gasteiger partial charge in [0.05, 0.1) is 18.8 Å². The average Bonchev–Trinajstić information content (AvgIpc) is 2.82. The molecule has 1 saturated carbocycles. The number of aryl methyl sites for hydroxylation is 1. The van der Waals surface area contributed by atoms with Crippen molar-refractivity contribution in [1.82, 2.24) is 19.4 Å². The summed E-state index contributed by atoms with van der Waals surface area (Å²) in [6, 6.07) is 0. The summed E-state index contributed by atoms with van der Waals surface area (Å²) in [5.41, 5.74) is -0.874. The molecule has 1 N–H and O–H groups in total. The monoisotopic (exact) mass is 448 g/mol. The van der Waals surface area contributed by atoms with Crippen LogP contribution in [0.2, 0.25) is 0 Å². The molecule has 10 heteroatoms. The molecule has 1 aromatic rings. The minimum atomic E-state index is -0.739. The highest BCUT2D eigenvalue weighted by Gasteiger charge is 2.38. The molecule has 2 heterocycles. The number of hydrogen-bond acceptors (Lipinski definition) is 7.